The summed E-state index contributed by atoms with van der Waals surface area (Å²) in [5, 5.41) is 6.42. The summed E-state index contributed by atoms with van der Waals surface area (Å²) in [5.74, 6) is 1.68. The van der Waals surface area contributed by atoms with Crippen molar-refractivity contribution in [3.63, 3.8) is 0 Å². The van der Waals surface area contributed by atoms with E-state index in [-0.39, 0.29) is 84.9 Å². The highest BCUT2D eigenvalue weighted by Crippen LogP contribution is 2.51. The molecule has 18 heteroatoms. The van der Waals surface area contributed by atoms with E-state index >= 15 is 0 Å². The van der Waals surface area contributed by atoms with Crippen molar-refractivity contribution in [2.24, 2.45) is 0 Å². The molecule has 566 valence electrons. The quantitative estimate of drug-likeness (QED) is 0.193. The maximum Gasteiger partial charge on any atom is 0.244 e. The monoisotopic (exact) mass is 1380 g/mol. The second-order valence-electron chi connectivity index (χ2n) is 33.3. The number of rotatable bonds is 13. The molecule has 4 saturated carbocycles. The average Bonchev–Trinajstić information content (AvgIpc) is 1.60. The summed E-state index contributed by atoms with van der Waals surface area (Å²) in [6, 6.07) is 10.2. The molecule has 0 radical (unpaired) electrons. The van der Waals surface area contributed by atoms with E-state index in [2.05, 4.69) is 201 Å². The van der Waals surface area contributed by atoms with E-state index in [9.17, 15) is 28.8 Å². The van der Waals surface area contributed by atoms with Gasteiger partial charge in [0.25, 0.3) is 0 Å². The van der Waals surface area contributed by atoms with Crippen LogP contribution < -0.4 is 10.6 Å². The van der Waals surface area contributed by atoms with Crippen LogP contribution in [-0.4, -0.2) is 215 Å². The van der Waals surface area contributed by atoms with E-state index in [1.54, 1.807) is 0 Å². The minimum Gasteiger partial charge on any atom is -0.336 e. The van der Waals surface area contributed by atoms with Crippen molar-refractivity contribution in [3.05, 3.63) is 35.9 Å². The normalized spacial score (nSPS) is 34.4. The maximum absolute atomic E-state index is 12.9. The van der Waals surface area contributed by atoms with E-state index in [1.807, 2.05) is 63.0 Å². The first-order valence-corrected chi connectivity index (χ1v) is 39.7. The van der Waals surface area contributed by atoms with E-state index in [0.717, 1.165) is 109 Å². The minimum absolute atomic E-state index is 0.00662. The fourth-order valence-electron chi connectivity index (χ4n) is 19.3. The van der Waals surface area contributed by atoms with Gasteiger partial charge >= 0.3 is 0 Å². The van der Waals surface area contributed by atoms with Crippen molar-refractivity contribution >= 4 is 35.4 Å². The number of hydrogen-bond acceptors (Lipinski definition) is 12. The number of nitrogens with one attached hydrogen (secondary N) is 2. The lowest BCUT2D eigenvalue weighted by atomic mass is 9.79. The van der Waals surface area contributed by atoms with Crippen LogP contribution in [0.1, 0.15) is 316 Å². The topological polar surface area (TPSA) is 159 Å². The van der Waals surface area contributed by atoms with Gasteiger partial charge in [-0.2, -0.15) is 0 Å². The molecule has 4 aliphatic carbocycles. The molecule has 6 aliphatic heterocycles. The van der Waals surface area contributed by atoms with Crippen LogP contribution >= 0.6 is 0 Å². The van der Waals surface area contributed by atoms with Crippen LogP contribution in [-0.2, 0) is 35.3 Å². The van der Waals surface area contributed by atoms with Crippen LogP contribution in [0, 0.1) is 0 Å². The standard InChI is InChI=1S/C17H26N2O.C15H26N2O.C14H24N2O.C14H28N2O.C11H22N2O.C10H20N2O/c1-6-16(3)15(20)19(17(4,7-2)18(16)5)13-14-11-9-8-10-12-14;1-16-13(18)14(9-5-3-6-10-14)17(2)15(16)11-7-4-8-12-15;1-16-13(8-4-2-5-9-13)12(17)15-14(16)10-6-3-7-11-14;1-7-10-11-16-12(17)13(4,8-2)15(6)14(16,5)9-3;1-7-10(3)9(14)12(5)11(4,8-2)13(10)6;1-6-9(3)8(13)11-10(4,7-2)12(9)5/h8-12H,6-7,13H2,1-5H3;3-12H2,1-2H3;2-11H2,1H3,(H,15,17);7-11H2,1-6H3;7-8H2,1-6H3;6-7H2,1-5H3,(H,11,13). The zero-order valence-electron chi connectivity index (χ0n) is 67.9. The Bertz CT molecular complexity index is 2890. The van der Waals surface area contributed by atoms with Crippen molar-refractivity contribution < 1.29 is 28.8 Å². The van der Waals surface area contributed by atoms with E-state index in [0.29, 0.717) is 24.3 Å². The molecule has 6 amide bonds. The number of benzene rings is 1. The number of amides is 6. The molecule has 99 heavy (non-hydrogen) atoms. The zero-order chi connectivity index (χ0) is 74.4. The summed E-state index contributed by atoms with van der Waals surface area (Å²) in [4.78, 5) is 96.7. The van der Waals surface area contributed by atoms with Crippen molar-refractivity contribution in [2.75, 3.05) is 62.9 Å². The van der Waals surface area contributed by atoms with Crippen LogP contribution in [0.2, 0.25) is 0 Å². The van der Waals surface area contributed by atoms with Gasteiger partial charge in [-0.3, -0.25) is 58.2 Å². The minimum atomic E-state index is -0.389. The first-order chi connectivity index (χ1) is 46.4. The summed E-state index contributed by atoms with van der Waals surface area (Å²) >= 11 is 0. The third-order valence-electron chi connectivity index (χ3n) is 29.5. The molecular weight excluding hydrogens is 1240 g/mol. The number of hydrogen-bond donors (Lipinski definition) is 2. The van der Waals surface area contributed by atoms with Crippen LogP contribution in [0.15, 0.2) is 30.3 Å². The molecule has 0 aromatic heterocycles. The second kappa shape index (κ2) is 32.4. The van der Waals surface area contributed by atoms with E-state index in [1.165, 1.54) is 95.5 Å². The van der Waals surface area contributed by atoms with Gasteiger partial charge in [0.05, 0.1) is 56.1 Å². The summed E-state index contributed by atoms with van der Waals surface area (Å²) in [5.41, 5.74) is -1.03. The van der Waals surface area contributed by atoms with Crippen LogP contribution in [0.3, 0.4) is 0 Å². The average molecular weight is 1380 g/mol. The highest BCUT2D eigenvalue weighted by atomic mass is 16.2. The molecule has 1 aromatic rings. The Morgan fingerprint density at radius 1 is 0.354 bits per heavy atom. The lowest BCUT2D eigenvalue weighted by Gasteiger charge is -2.47. The summed E-state index contributed by atoms with van der Waals surface area (Å²) in [6.07, 6.45) is 33.6. The Hall–Kier alpha value is -4.20. The van der Waals surface area contributed by atoms with Crippen LogP contribution in [0.25, 0.3) is 0 Å². The second-order valence-corrected chi connectivity index (χ2v) is 33.3. The largest absolute Gasteiger partial charge is 0.336 e. The van der Waals surface area contributed by atoms with Gasteiger partial charge in [0.1, 0.15) is 11.1 Å². The first-order valence-electron chi connectivity index (χ1n) is 39.7. The summed E-state index contributed by atoms with van der Waals surface area (Å²) < 4.78 is 0. The van der Waals surface area contributed by atoms with Crippen molar-refractivity contribution in [3.8, 4) is 0 Å². The molecule has 8 unspecified atom stereocenters. The fraction of sp³-hybridized carbons (Fsp3) is 0.852. The highest BCUT2D eigenvalue weighted by Gasteiger charge is 2.64. The van der Waals surface area contributed by atoms with Crippen molar-refractivity contribution in [2.45, 2.75) is 384 Å². The molecule has 11 rings (SSSR count). The molecule has 0 bridgehead atoms. The third kappa shape index (κ3) is 14.5. The first kappa shape index (κ1) is 83.7. The van der Waals surface area contributed by atoms with Gasteiger partial charge in [-0.1, -0.05) is 150 Å². The van der Waals surface area contributed by atoms with Gasteiger partial charge in [-0.25, -0.2) is 0 Å². The zero-order valence-corrected chi connectivity index (χ0v) is 67.9. The van der Waals surface area contributed by atoms with Gasteiger partial charge in [0.2, 0.25) is 35.4 Å². The van der Waals surface area contributed by atoms with Crippen molar-refractivity contribution in [1.82, 2.24) is 59.6 Å². The third-order valence-corrected chi connectivity index (χ3v) is 29.5. The van der Waals surface area contributed by atoms with Crippen LogP contribution in [0.4, 0.5) is 0 Å². The SMILES string of the molecule is CCC1(C)C(=O)N(C)C(C)(CC)N1C.CCC1(C)C(=O)N(Cc2ccccc2)C(C)(CC)N1C.CCC1(C)NC(=O)C(C)(CC)N1C.CCCCN1C(=O)C(C)(CC)N(C)C1(C)CC.CN1C(=O)C2(CCCCC2)N(C)C12CCCCC2.CN1C2(CCCCC2)NC(=O)C12CCCCC2. The maximum atomic E-state index is 12.9. The number of likely N-dealkylation sites (N-methyl/N-ethyl adjacent to an activating group) is 8. The van der Waals surface area contributed by atoms with Gasteiger partial charge in [0, 0.05) is 27.2 Å². The Morgan fingerprint density at radius 3 is 1.15 bits per heavy atom. The van der Waals surface area contributed by atoms with Gasteiger partial charge < -0.3 is 30.2 Å². The van der Waals surface area contributed by atoms with E-state index < -0.39 is 0 Å². The Balaban J connectivity index is 0.000000188. The molecule has 6 saturated heterocycles. The Morgan fingerprint density at radius 2 is 0.758 bits per heavy atom. The van der Waals surface area contributed by atoms with Gasteiger partial charge in [-0.15, -0.1) is 0 Å². The summed E-state index contributed by atoms with van der Waals surface area (Å²) in [7, 11) is 16.6. The molecule has 10 fully saturated rings. The molecule has 18 nitrogen and oxygen atoms in total. The molecular formula is C81H146N12O6. The molecule has 1 aromatic carbocycles. The smallest absolute Gasteiger partial charge is 0.244 e. The molecule has 8 atom stereocenters. The number of unbranched alkanes of at least 4 members (excludes halogenated alkanes) is 1. The lowest BCUT2D eigenvalue weighted by Crippen LogP contribution is -2.56. The number of nitrogens with zero attached hydrogens (tertiary/aromatic N) is 10. The Kier molecular flexibility index (Phi) is 27.4. The molecule has 6 heterocycles. The number of carbonyl (C=O) groups is 6. The highest BCUT2D eigenvalue weighted by molar-refractivity contribution is 5.92. The predicted molar refractivity (Wildman–Crippen MR) is 405 cm³/mol. The fourth-order valence-corrected chi connectivity index (χ4v) is 19.3. The Labute approximate surface area is 603 Å². The molecule has 4 spiro atoms. The molecule has 2 N–H and O–H groups in total. The summed E-state index contributed by atoms with van der Waals surface area (Å²) in [6.45, 7) is 37.4. The number of carbonyl (C=O) groups excluding carboxylic acids is 6. The van der Waals surface area contributed by atoms with Gasteiger partial charge in [-0.05, 0) is 238 Å². The molecule has 10 aliphatic rings. The van der Waals surface area contributed by atoms with E-state index in [4.69, 9.17) is 0 Å². The van der Waals surface area contributed by atoms with Gasteiger partial charge in [0.15, 0.2) is 0 Å². The van der Waals surface area contributed by atoms with Crippen molar-refractivity contribution in [1.29, 1.82) is 0 Å². The predicted octanol–water partition coefficient (Wildman–Crippen LogP) is 14.3. The lowest BCUT2D eigenvalue weighted by molar-refractivity contribution is -0.135. The van der Waals surface area contributed by atoms with Crippen LogP contribution in [0.5, 0.6) is 0 Å².